The summed E-state index contributed by atoms with van der Waals surface area (Å²) in [6.45, 7) is 0.141. The predicted molar refractivity (Wildman–Crippen MR) is 116 cm³/mol. The summed E-state index contributed by atoms with van der Waals surface area (Å²) in [5.74, 6) is -0.368. The Hall–Kier alpha value is -3.73. The van der Waals surface area contributed by atoms with Crippen molar-refractivity contribution in [2.75, 3.05) is 5.32 Å². The molecule has 0 saturated heterocycles. The summed E-state index contributed by atoms with van der Waals surface area (Å²) in [6.07, 6.45) is 2.37. The Labute approximate surface area is 190 Å². The number of carboxylic acid groups (broad SMARTS) is 1. The van der Waals surface area contributed by atoms with Gasteiger partial charge in [-0.05, 0) is 48.7 Å². The third-order valence-electron chi connectivity index (χ3n) is 5.85. The maximum absolute atomic E-state index is 12.5. The molecule has 0 unspecified atom stereocenters. The van der Waals surface area contributed by atoms with E-state index in [0.717, 1.165) is 23.3 Å². The first-order chi connectivity index (χ1) is 16.0. The number of benzene rings is 1. The van der Waals surface area contributed by atoms with Crippen LogP contribution in [0.3, 0.4) is 0 Å². The van der Waals surface area contributed by atoms with Crippen LogP contribution in [0, 0.1) is 0 Å². The zero-order valence-electron chi connectivity index (χ0n) is 17.2. The van der Waals surface area contributed by atoms with Crippen molar-refractivity contribution in [2.24, 2.45) is 0 Å². The number of carboxylic acids is 1. The number of amides is 1. The SMILES string of the molecule is O=C(Nc1c(-c2nc3nc(C4(C(=O)O)CC4)oc3o2)nsc1C1CC1)OCc1ccccc1. The lowest BCUT2D eigenvalue weighted by atomic mass is 10.1. The second-order valence-electron chi connectivity index (χ2n) is 8.27. The predicted octanol–water partition coefficient (Wildman–Crippen LogP) is 4.68. The molecule has 10 nitrogen and oxygen atoms in total. The summed E-state index contributed by atoms with van der Waals surface area (Å²) in [5.41, 5.74) is 0.842. The number of fused-ring (bicyclic) bond motifs is 1. The molecule has 1 aromatic carbocycles. The van der Waals surface area contributed by atoms with Crippen LogP contribution in [0.15, 0.2) is 39.2 Å². The Bertz CT molecular complexity index is 1330. The zero-order chi connectivity index (χ0) is 22.6. The van der Waals surface area contributed by atoms with E-state index in [-0.39, 0.29) is 29.8 Å². The van der Waals surface area contributed by atoms with E-state index in [9.17, 15) is 14.7 Å². The highest BCUT2D eigenvalue weighted by atomic mass is 32.1. The molecule has 168 valence electrons. The average Bonchev–Trinajstić information content (AvgIpc) is 3.70. The van der Waals surface area contributed by atoms with Gasteiger partial charge in [0.1, 0.15) is 12.0 Å². The van der Waals surface area contributed by atoms with Crippen LogP contribution in [-0.4, -0.2) is 31.5 Å². The van der Waals surface area contributed by atoms with E-state index in [1.165, 1.54) is 11.5 Å². The molecule has 2 aliphatic carbocycles. The van der Waals surface area contributed by atoms with E-state index in [0.29, 0.717) is 30.1 Å². The van der Waals surface area contributed by atoms with E-state index in [1.807, 2.05) is 30.3 Å². The summed E-state index contributed by atoms with van der Waals surface area (Å²) >= 11 is 1.28. The van der Waals surface area contributed by atoms with Gasteiger partial charge in [-0.1, -0.05) is 30.3 Å². The molecule has 33 heavy (non-hydrogen) atoms. The quantitative estimate of drug-likeness (QED) is 0.397. The monoisotopic (exact) mass is 466 g/mol. The number of carbonyl (C=O) groups excluding carboxylic acids is 1. The number of nitrogens with one attached hydrogen (secondary N) is 1. The van der Waals surface area contributed by atoms with Crippen LogP contribution in [0.25, 0.3) is 23.0 Å². The fourth-order valence-electron chi connectivity index (χ4n) is 3.65. The minimum absolute atomic E-state index is 0.0334. The Kier molecular flexibility index (Phi) is 4.47. The molecule has 3 heterocycles. The molecule has 2 aliphatic rings. The molecular formula is C22H18N4O6S. The van der Waals surface area contributed by atoms with Gasteiger partial charge in [0.05, 0.1) is 10.6 Å². The van der Waals surface area contributed by atoms with E-state index in [4.69, 9.17) is 13.6 Å². The normalized spacial score (nSPS) is 16.6. The second-order valence-corrected chi connectivity index (χ2v) is 9.07. The molecule has 0 bridgehead atoms. The van der Waals surface area contributed by atoms with Crippen molar-refractivity contribution < 1.29 is 28.3 Å². The molecule has 2 saturated carbocycles. The summed E-state index contributed by atoms with van der Waals surface area (Å²) < 4.78 is 21.1. The van der Waals surface area contributed by atoms with Crippen LogP contribution in [-0.2, 0) is 21.6 Å². The molecule has 0 spiro atoms. The summed E-state index contributed by atoms with van der Waals surface area (Å²) in [4.78, 5) is 33.6. The number of rotatable bonds is 7. The van der Waals surface area contributed by atoms with Crippen molar-refractivity contribution in [1.82, 2.24) is 14.3 Å². The number of oxazole rings is 2. The van der Waals surface area contributed by atoms with Gasteiger partial charge in [-0.25, -0.2) is 4.79 Å². The second kappa shape index (κ2) is 7.41. The van der Waals surface area contributed by atoms with Gasteiger partial charge in [-0.15, -0.1) is 0 Å². The van der Waals surface area contributed by atoms with E-state index < -0.39 is 17.5 Å². The Morgan fingerprint density at radius 1 is 1.18 bits per heavy atom. The lowest BCUT2D eigenvalue weighted by Gasteiger charge is -2.08. The molecule has 4 aromatic rings. The Balaban J connectivity index is 1.26. The maximum atomic E-state index is 12.5. The number of hydrogen-bond donors (Lipinski definition) is 2. The topological polar surface area (TPSA) is 141 Å². The van der Waals surface area contributed by atoms with E-state index in [1.54, 1.807) is 0 Å². The van der Waals surface area contributed by atoms with Crippen LogP contribution >= 0.6 is 11.5 Å². The largest absolute Gasteiger partial charge is 0.480 e. The molecule has 3 aromatic heterocycles. The van der Waals surface area contributed by atoms with E-state index in [2.05, 4.69) is 19.7 Å². The highest BCUT2D eigenvalue weighted by molar-refractivity contribution is 7.06. The van der Waals surface area contributed by atoms with Gasteiger partial charge in [-0.3, -0.25) is 10.1 Å². The number of aromatic nitrogens is 3. The number of ether oxygens (including phenoxy) is 1. The fourth-order valence-corrected chi connectivity index (χ4v) is 4.63. The third kappa shape index (κ3) is 3.54. The zero-order valence-corrected chi connectivity index (χ0v) is 18.1. The van der Waals surface area contributed by atoms with Gasteiger partial charge in [0, 0.05) is 0 Å². The third-order valence-corrected chi connectivity index (χ3v) is 6.86. The van der Waals surface area contributed by atoms with Crippen LogP contribution < -0.4 is 5.32 Å². The van der Waals surface area contributed by atoms with Crippen LogP contribution in [0.4, 0.5) is 10.5 Å². The number of anilines is 1. The highest BCUT2D eigenvalue weighted by Gasteiger charge is 2.56. The molecule has 2 N–H and O–H groups in total. The maximum Gasteiger partial charge on any atom is 0.412 e. The molecule has 0 atom stereocenters. The Morgan fingerprint density at radius 2 is 1.97 bits per heavy atom. The van der Waals surface area contributed by atoms with Gasteiger partial charge in [0.2, 0.25) is 11.5 Å². The van der Waals surface area contributed by atoms with Crippen molar-refractivity contribution in [3.63, 3.8) is 0 Å². The van der Waals surface area contributed by atoms with Crippen LogP contribution in [0.5, 0.6) is 0 Å². The number of carbonyl (C=O) groups is 2. The first-order valence-electron chi connectivity index (χ1n) is 10.5. The summed E-state index contributed by atoms with van der Waals surface area (Å²) in [5, 5.41) is 12.2. The van der Waals surface area contributed by atoms with Crippen LogP contribution in [0.2, 0.25) is 0 Å². The first kappa shape index (κ1) is 19.9. The smallest absolute Gasteiger partial charge is 0.412 e. The average molecular weight is 466 g/mol. The fraction of sp³-hybridized carbons (Fsp3) is 0.318. The van der Waals surface area contributed by atoms with Crippen molar-refractivity contribution >= 4 is 40.7 Å². The molecule has 0 radical (unpaired) electrons. The Morgan fingerprint density at radius 3 is 2.64 bits per heavy atom. The van der Waals surface area contributed by atoms with Gasteiger partial charge in [0.25, 0.3) is 5.89 Å². The van der Waals surface area contributed by atoms with Crippen molar-refractivity contribution in [3.8, 4) is 11.6 Å². The number of aliphatic carboxylic acids is 1. The molecule has 2 fully saturated rings. The lowest BCUT2D eigenvalue weighted by molar-refractivity contribution is -0.140. The highest BCUT2D eigenvalue weighted by Crippen LogP contribution is 2.50. The molecule has 11 heteroatoms. The van der Waals surface area contributed by atoms with Gasteiger partial charge in [-0.2, -0.15) is 14.3 Å². The standard InChI is InChI=1S/C22H18N4O6S/c27-20(28)22(8-9-22)19-25-16-18(32-19)31-17(24-16)14-13(15(33-26-14)12-6-7-12)23-21(29)30-10-11-4-2-1-3-5-11/h1-5,12H,6-10H2,(H,23,29)(H,27,28). The van der Waals surface area contributed by atoms with E-state index >= 15 is 0 Å². The summed E-state index contributed by atoms with van der Waals surface area (Å²) in [7, 11) is 0. The molecule has 1 amide bonds. The van der Waals surface area contributed by atoms with Gasteiger partial charge in [0.15, 0.2) is 5.69 Å². The molecular weight excluding hydrogens is 448 g/mol. The van der Waals surface area contributed by atoms with Crippen molar-refractivity contribution in [1.29, 1.82) is 0 Å². The number of nitrogens with zero attached hydrogens (tertiary/aromatic N) is 3. The van der Waals surface area contributed by atoms with Crippen molar-refractivity contribution in [3.05, 3.63) is 46.7 Å². The summed E-state index contributed by atoms with van der Waals surface area (Å²) in [6, 6.07) is 9.40. The minimum atomic E-state index is -1.08. The van der Waals surface area contributed by atoms with Gasteiger partial charge < -0.3 is 18.7 Å². The van der Waals surface area contributed by atoms with Crippen LogP contribution in [0.1, 0.15) is 47.9 Å². The minimum Gasteiger partial charge on any atom is -0.480 e. The lowest BCUT2D eigenvalue weighted by Crippen LogP contribution is -2.19. The molecule has 0 aliphatic heterocycles. The molecule has 6 rings (SSSR count). The van der Waals surface area contributed by atoms with Gasteiger partial charge >= 0.3 is 17.8 Å². The van der Waals surface area contributed by atoms with Crippen molar-refractivity contribution in [2.45, 2.75) is 43.6 Å². The number of hydrogen-bond acceptors (Lipinski definition) is 9. The first-order valence-corrected chi connectivity index (χ1v) is 11.3.